The molecule has 0 saturated heterocycles. The highest BCUT2D eigenvalue weighted by molar-refractivity contribution is 5.29. The fourth-order valence-corrected chi connectivity index (χ4v) is 9.79. The standard InChI is InChI=1S/C30H50O/c1-7-24(22(4)31)20(2)11-12-21(3)26-15-16-27-25-14-13-23-10-8-9-18-29(23,5)28(25)17-19-30(26,27)6/h21,23,25-28,31H,2,7-19H2,1,3-6H3/t21-,23?,25+,26-,27+,28+,29+,30-/m1/s1. The molecule has 0 radical (unpaired) electrons. The molecule has 1 unspecified atom stereocenters. The predicted molar refractivity (Wildman–Crippen MR) is 133 cm³/mol. The van der Waals surface area contributed by atoms with Crippen molar-refractivity contribution in [2.24, 2.45) is 46.3 Å². The van der Waals surface area contributed by atoms with Crippen molar-refractivity contribution in [3.8, 4) is 0 Å². The van der Waals surface area contributed by atoms with E-state index in [1.165, 1.54) is 76.2 Å². The minimum absolute atomic E-state index is 0.471. The monoisotopic (exact) mass is 426 g/mol. The molecule has 1 nitrogen and oxygen atoms in total. The van der Waals surface area contributed by atoms with Crippen LogP contribution in [-0.4, -0.2) is 5.11 Å². The Morgan fingerprint density at radius 2 is 1.71 bits per heavy atom. The van der Waals surface area contributed by atoms with E-state index in [4.69, 9.17) is 0 Å². The molecule has 8 atom stereocenters. The SMILES string of the molecule is C=C(CC[C@@H](C)[C@H]1CC[C@H]2[C@@H]3CCC4CCCC[C@]4(C)[C@H]3CC[C@]12C)C(CC)=C(C)O. The minimum Gasteiger partial charge on any atom is -0.512 e. The molecular weight excluding hydrogens is 376 g/mol. The summed E-state index contributed by atoms with van der Waals surface area (Å²) >= 11 is 0. The number of hydrogen-bond acceptors (Lipinski definition) is 1. The van der Waals surface area contributed by atoms with Crippen LogP contribution in [-0.2, 0) is 0 Å². The zero-order valence-corrected chi connectivity index (χ0v) is 21.3. The van der Waals surface area contributed by atoms with Crippen LogP contribution in [0.2, 0.25) is 0 Å². The molecule has 0 aromatic carbocycles. The van der Waals surface area contributed by atoms with Crippen molar-refractivity contribution in [3.05, 3.63) is 23.5 Å². The van der Waals surface area contributed by atoms with Gasteiger partial charge in [0.25, 0.3) is 0 Å². The quantitative estimate of drug-likeness (QED) is 0.331. The lowest BCUT2D eigenvalue weighted by molar-refractivity contribution is -0.114. The van der Waals surface area contributed by atoms with E-state index in [0.29, 0.717) is 16.6 Å². The van der Waals surface area contributed by atoms with E-state index < -0.39 is 0 Å². The van der Waals surface area contributed by atoms with Crippen LogP contribution in [0.3, 0.4) is 0 Å². The highest BCUT2D eigenvalue weighted by Gasteiger charge is 2.60. The summed E-state index contributed by atoms with van der Waals surface area (Å²) in [7, 11) is 0. The summed E-state index contributed by atoms with van der Waals surface area (Å²) in [6.45, 7) is 16.2. The van der Waals surface area contributed by atoms with Gasteiger partial charge in [0, 0.05) is 0 Å². The van der Waals surface area contributed by atoms with E-state index in [1.54, 1.807) is 0 Å². The fraction of sp³-hybridized carbons (Fsp3) is 0.867. The molecule has 1 N–H and O–H groups in total. The number of fused-ring (bicyclic) bond motifs is 5. The van der Waals surface area contributed by atoms with Gasteiger partial charge in [0.1, 0.15) is 0 Å². The second-order valence-corrected chi connectivity index (χ2v) is 12.7. The maximum Gasteiger partial charge on any atom is 0.0926 e. The lowest BCUT2D eigenvalue weighted by atomic mass is 9.44. The van der Waals surface area contributed by atoms with Gasteiger partial charge in [-0.3, -0.25) is 0 Å². The topological polar surface area (TPSA) is 20.2 Å². The molecule has 176 valence electrons. The van der Waals surface area contributed by atoms with Gasteiger partial charge in [-0.2, -0.15) is 0 Å². The van der Waals surface area contributed by atoms with Crippen molar-refractivity contribution in [2.75, 3.05) is 0 Å². The Bertz CT molecular complexity index is 699. The number of allylic oxidation sites excluding steroid dienone is 3. The molecule has 0 aromatic heterocycles. The maximum absolute atomic E-state index is 9.99. The Hall–Kier alpha value is -0.720. The van der Waals surface area contributed by atoms with Gasteiger partial charge >= 0.3 is 0 Å². The second kappa shape index (κ2) is 8.90. The van der Waals surface area contributed by atoms with Gasteiger partial charge in [0.2, 0.25) is 0 Å². The van der Waals surface area contributed by atoms with E-state index in [2.05, 4.69) is 34.3 Å². The third-order valence-electron chi connectivity index (χ3n) is 11.5. The van der Waals surface area contributed by atoms with E-state index in [0.717, 1.165) is 53.9 Å². The summed E-state index contributed by atoms with van der Waals surface area (Å²) < 4.78 is 0. The molecule has 4 aliphatic rings. The normalized spacial score (nSPS) is 44.0. The number of aliphatic hydroxyl groups is 1. The lowest BCUT2D eigenvalue weighted by Crippen LogP contribution is -2.53. The van der Waals surface area contributed by atoms with Crippen molar-refractivity contribution < 1.29 is 5.11 Å². The molecular formula is C30H50O. The molecule has 0 aliphatic heterocycles. The van der Waals surface area contributed by atoms with Crippen molar-refractivity contribution >= 4 is 0 Å². The van der Waals surface area contributed by atoms with Crippen LogP contribution in [0.15, 0.2) is 23.5 Å². The van der Waals surface area contributed by atoms with Gasteiger partial charge in [0.05, 0.1) is 5.76 Å². The van der Waals surface area contributed by atoms with Gasteiger partial charge in [-0.25, -0.2) is 0 Å². The zero-order chi connectivity index (χ0) is 22.4. The molecule has 4 saturated carbocycles. The molecule has 0 bridgehead atoms. The summed E-state index contributed by atoms with van der Waals surface area (Å²) in [5, 5.41) is 9.99. The average Bonchev–Trinajstić information content (AvgIpc) is 3.09. The van der Waals surface area contributed by atoms with Gasteiger partial charge in [-0.15, -0.1) is 0 Å². The summed E-state index contributed by atoms with van der Waals surface area (Å²) in [5.74, 6) is 6.16. The van der Waals surface area contributed by atoms with Gasteiger partial charge in [-0.1, -0.05) is 47.1 Å². The molecule has 4 aliphatic carbocycles. The van der Waals surface area contributed by atoms with Crippen LogP contribution in [0.25, 0.3) is 0 Å². The van der Waals surface area contributed by atoms with E-state index in [-0.39, 0.29) is 0 Å². The van der Waals surface area contributed by atoms with E-state index in [1.807, 2.05) is 6.92 Å². The molecule has 1 heteroatoms. The van der Waals surface area contributed by atoms with Gasteiger partial charge in [0.15, 0.2) is 0 Å². The van der Waals surface area contributed by atoms with Crippen molar-refractivity contribution in [1.82, 2.24) is 0 Å². The highest BCUT2D eigenvalue weighted by atomic mass is 16.3. The van der Waals surface area contributed by atoms with Crippen LogP contribution < -0.4 is 0 Å². The van der Waals surface area contributed by atoms with Crippen LogP contribution in [0.4, 0.5) is 0 Å². The lowest BCUT2D eigenvalue weighted by Gasteiger charge is -2.61. The molecule has 31 heavy (non-hydrogen) atoms. The summed E-state index contributed by atoms with van der Waals surface area (Å²) in [6, 6.07) is 0. The summed E-state index contributed by atoms with van der Waals surface area (Å²) in [6.07, 6.45) is 18.2. The zero-order valence-electron chi connectivity index (χ0n) is 21.3. The molecule has 4 fully saturated rings. The first-order chi connectivity index (χ1) is 14.7. The van der Waals surface area contributed by atoms with Crippen LogP contribution in [0.5, 0.6) is 0 Å². The average molecular weight is 427 g/mol. The molecule has 0 amide bonds. The third kappa shape index (κ3) is 3.95. The highest BCUT2D eigenvalue weighted by Crippen LogP contribution is 2.68. The van der Waals surface area contributed by atoms with E-state index >= 15 is 0 Å². The molecule has 0 heterocycles. The Morgan fingerprint density at radius 1 is 0.968 bits per heavy atom. The van der Waals surface area contributed by atoms with E-state index in [9.17, 15) is 5.11 Å². The Labute approximate surface area is 193 Å². The Balaban J connectivity index is 1.44. The minimum atomic E-state index is 0.471. The molecule has 0 aromatic rings. The van der Waals surface area contributed by atoms with Crippen LogP contribution in [0, 0.1) is 46.3 Å². The van der Waals surface area contributed by atoms with Crippen molar-refractivity contribution in [1.29, 1.82) is 0 Å². The Kier molecular flexibility index (Phi) is 6.73. The number of aliphatic hydroxyl groups excluding tert-OH is 1. The summed E-state index contributed by atoms with van der Waals surface area (Å²) in [5.41, 5.74) is 3.48. The van der Waals surface area contributed by atoms with Gasteiger partial charge in [-0.05, 0) is 135 Å². The Morgan fingerprint density at radius 3 is 2.42 bits per heavy atom. The summed E-state index contributed by atoms with van der Waals surface area (Å²) in [4.78, 5) is 0. The largest absolute Gasteiger partial charge is 0.512 e. The smallest absolute Gasteiger partial charge is 0.0926 e. The van der Waals surface area contributed by atoms with Crippen molar-refractivity contribution in [3.63, 3.8) is 0 Å². The fourth-order valence-electron chi connectivity index (χ4n) is 9.79. The van der Waals surface area contributed by atoms with Gasteiger partial charge < -0.3 is 5.11 Å². The van der Waals surface area contributed by atoms with Crippen molar-refractivity contribution in [2.45, 2.75) is 118 Å². The maximum atomic E-state index is 9.99. The van der Waals surface area contributed by atoms with Crippen LogP contribution in [0.1, 0.15) is 118 Å². The first-order valence-corrected chi connectivity index (χ1v) is 13.8. The van der Waals surface area contributed by atoms with Crippen LogP contribution >= 0.6 is 0 Å². The first kappa shape index (κ1) is 23.4. The number of rotatable bonds is 6. The third-order valence-corrected chi connectivity index (χ3v) is 11.5. The number of hydrogen-bond donors (Lipinski definition) is 1. The predicted octanol–water partition coefficient (Wildman–Crippen LogP) is 9.25. The second-order valence-electron chi connectivity index (χ2n) is 12.7. The molecule has 4 rings (SSSR count). The first-order valence-electron chi connectivity index (χ1n) is 13.8. The molecule has 0 spiro atoms.